The summed E-state index contributed by atoms with van der Waals surface area (Å²) in [5.41, 5.74) is 2.27. The average molecular weight is 269 g/mol. The Hall–Kier alpha value is -2.49. The van der Waals surface area contributed by atoms with Crippen LogP contribution in [-0.2, 0) is 4.79 Å². The van der Waals surface area contributed by atoms with E-state index in [0.29, 0.717) is 12.3 Å². The van der Waals surface area contributed by atoms with Gasteiger partial charge in [-0.2, -0.15) is 0 Å². The number of aryl methyl sites for hydroxylation is 1. The molecule has 0 fully saturated rings. The van der Waals surface area contributed by atoms with Gasteiger partial charge in [-0.15, -0.1) is 0 Å². The normalized spacial score (nSPS) is 16.4. The molecule has 1 unspecified atom stereocenters. The van der Waals surface area contributed by atoms with Gasteiger partial charge in [0.15, 0.2) is 0 Å². The van der Waals surface area contributed by atoms with Crippen LogP contribution in [0.25, 0.3) is 0 Å². The lowest BCUT2D eigenvalue weighted by Crippen LogP contribution is -2.22. The number of phenols is 1. The first-order chi connectivity index (χ1) is 9.65. The molecular formula is C16H15NO3. The minimum absolute atomic E-state index is 0.127. The second kappa shape index (κ2) is 4.89. The molecule has 0 aliphatic carbocycles. The van der Waals surface area contributed by atoms with Gasteiger partial charge >= 0.3 is 0 Å². The van der Waals surface area contributed by atoms with E-state index in [4.69, 9.17) is 4.74 Å². The highest BCUT2D eigenvalue weighted by Crippen LogP contribution is 2.34. The summed E-state index contributed by atoms with van der Waals surface area (Å²) in [7, 11) is 0. The number of amides is 1. The van der Waals surface area contributed by atoms with E-state index in [1.165, 1.54) is 0 Å². The van der Waals surface area contributed by atoms with E-state index in [1.54, 1.807) is 18.2 Å². The fourth-order valence-electron chi connectivity index (χ4n) is 2.30. The van der Waals surface area contributed by atoms with Crippen molar-refractivity contribution in [2.24, 2.45) is 0 Å². The number of carbonyl (C=O) groups excluding carboxylic acids is 1. The number of aromatic hydroxyl groups is 1. The van der Waals surface area contributed by atoms with Crippen LogP contribution < -0.4 is 10.1 Å². The topological polar surface area (TPSA) is 58.6 Å². The van der Waals surface area contributed by atoms with E-state index >= 15 is 0 Å². The Morgan fingerprint density at radius 1 is 1.30 bits per heavy atom. The second-order valence-electron chi connectivity index (χ2n) is 4.89. The summed E-state index contributed by atoms with van der Waals surface area (Å²) in [6.45, 7) is 2.16. The molecule has 0 radical (unpaired) electrons. The van der Waals surface area contributed by atoms with Crippen LogP contribution in [0.15, 0.2) is 42.5 Å². The molecule has 102 valence electrons. The number of hydrogen-bond donors (Lipinski definition) is 2. The third-order valence-electron chi connectivity index (χ3n) is 3.49. The summed E-state index contributed by atoms with van der Waals surface area (Å²) in [6, 6.07) is 12.6. The van der Waals surface area contributed by atoms with Crippen molar-refractivity contribution in [1.82, 2.24) is 0 Å². The lowest BCUT2D eigenvalue weighted by Gasteiger charge is -2.11. The van der Waals surface area contributed by atoms with Crippen LogP contribution in [0.4, 0.5) is 5.69 Å². The fourth-order valence-corrected chi connectivity index (χ4v) is 2.30. The van der Waals surface area contributed by atoms with Crippen molar-refractivity contribution in [1.29, 1.82) is 0 Å². The standard InChI is InChI=1S/C16H15NO3/c1-10-6-7-11(8-14(10)18)17-16(19)13-9-20-15-5-3-2-4-12(13)15/h2-8,13,18H,9H2,1H3,(H,17,19). The van der Waals surface area contributed by atoms with Crippen LogP contribution in [-0.4, -0.2) is 17.6 Å². The van der Waals surface area contributed by atoms with Crippen LogP contribution in [0.3, 0.4) is 0 Å². The molecule has 2 aromatic rings. The van der Waals surface area contributed by atoms with Gasteiger partial charge < -0.3 is 15.2 Å². The van der Waals surface area contributed by atoms with Gasteiger partial charge in [0, 0.05) is 17.3 Å². The molecule has 4 nitrogen and oxygen atoms in total. The molecule has 1 aliphatic rings. The van der Waals surface area contributed by atoms with E-state index < -0.39 is 0 Å². The monoisotopic (exact) mass is 269 g/mol. The predicted octanol–water partition coefficient (Wildman–Crippen LogP) is 2.82. The Morgan fingerprint density at radius 3 is 2.90 bits per heavy atom. The van der Waals surface area contributed by atoms with Crippen molar-refractivity contribution >= 4 is 11.6 Å². The lowest BCUT2D eigenvalue weighted by molar-refractivity contribution is -0.117. The van der Waals surface area contributed by atoms with Gasteiger partial charge in [-0.3, -0.25) is 4.79 Å². The average Bonchev–Trinajstić information content (AvgIpc) is 2.87. The number of hydrogen-bond acceptors (Lipinski definition) is 3. The van der Waals surface area contributed by atoms with E-state index in [9.17, 15) is 9.90 Å². The minimum Gasteiger partial charge on any atom is -0.508 e. The van der Waals surface area contributed by atoms with E-state index in [-0.39, 0.29) is 17.6 Å². The van der Waals surface area contributed by atoms with Gasteiger partial charge in [0.05, 0.1) is 0 Å². The first-order valence-corrected chi connectivity index (χ1v) is 6.47. The number of nitrogens with one attached hydrogen (secondary N) is 1. The Bertz CT molecular complexity index is 667. The maximum atomic E-state index is 12.3. The molecule has 0 saturated heterocycles. The molecule has 0 spiro atoms. The zero-order valence-corrected chi connectivity index (χ0v) is 11.1. The smallest absolute Gasteiger partial charge is 0.235 e. The van der Waals surface area contributed by atoms with Crippen molar-refractivity contribution in [3.63, 3.8) is 0 Å². The fraction of sp³-hybridized carbons (Fsp3) is 0.188. The Labute approximate surface area is 117 Å². The van der Waals surface area contributed by atoms with Crippen molar-refractivity contribution < 1.29 is 14.6 Å². The summed E-state index contributed by atoms with van der Waals surface area (Å²) in [4.78, 5) is 12.3. The molecule has 3 rings (SSSR count). The Kier molecular flexibility index (Phi) is 3.06. The molecule has 20 heavy (non-hydrogen) atoms. The van der Waals surface area contributed by atoms with Crippen LogP contribution in [0.2, 0.25) is 0 Å². The SMILES string of the molecule is Cc1ccc(NC(=O)C2COc3ccccc32)cc1O. The molecule has 2 aromatic carbocycles. The highest BCUT2D eigenvalue weighted by Gasteiger charge is 2.30. The zero-order chi connectivity index (χ0) is 14.1. The highest BCUT2D eigenvalue weighted by atomic mass is 16.5. The first-order valence-electron chi connectivity index (χ1n) is 6.47. The summed E-state index contributed by atoms with van der Waals surface area (Å²) < 4.78 is 5.50. The number of rotatable bonds is 2. The van der Waals surface area contributed by atoms with Crippen LogP contribution in [0, 0.1) is 6.92 Å². The zero-order valence-electron chi connectivity index (χ0n) is 11.1. The van der Waals surface area contributed by atoms with Gasteiger partial charge in [-0.25, -0.2) is 0 Å². The maximum Gasteiger partial charge on any atom is 0.235 e. The quantitative estimate of drug-likeness (QED) is 0.881. The maximum absolute atomic E-state index is 12.3. The largest absolute Gasteiger partial charge is 0.508 e. The summed E-state index contributed by atoms with van der Waals surface area (Å²) in [5, 5.41) is 12.5. The van der Waals surface area contributed by atoms with E-state index in [1.807, 2.05) is 31.2 Å². The van der Waals surface area contributed by atoms with Crippen LogP contribution >= 0.6 is 0 Å². The van der Waals surface area contributed by atoms with Crippen LogP contribution in [0.1, 0.15) is 17.0 Å². The number of ether oxygens (including phenoxy) is 1. The molecule has 0 saturated carbocycles. The predicted molar refractivity (Wildman–Crippen MR) is 76.2 cm³/mol. The summed E-state index contributed by atoms with van der Waals surface area (Å²) in [5.74, 6) is 0.498. The molecule has 2 N–H and O–H groups in total. The lowest BCUT2D eigenvalue weighted by atomic mass is 10.0. The van der Waals surface area contributed by atoms with E-state index in [2.05, 4.69) is 5.32 Å². The summed E-state index contributed by atoms with van der Waals surface area (Å²) in [6.07, 6.45) is 0. The molecule has 0 aromatic heterocycles. The van der Waals surface area contributed by atoms with Gasteiger partial charge in [0.1, 0.15) is 24.0 Å². The van der Waals surface area contributed by atoms with Gasteiger partial charge in [-0.05, 0) is 24.6 Å². The summed E-state index contributed by atoms with van der Waals surface area (Å²) >= 11 is 0. The van der Waals surface area contributed by atoms with Crippen molar-refractivity contribution in [3.05, 3.63) is 53.6 Å². The van der Waals surface area contributed by atoms with Gasteiger partial charge in [0.25, 0.3) is 0 Å². The number of para-hydroxylation sites is 1. The second-order valence-corrected chi connectivity index (χ2v) is 4.89. The molecule has 1 amide bonds. The van der Waals surface area contributed by atoms with Crippen molar-refractivity contribution in [2.45, 2.75) is 12.8 Å². The van der Waals surface area contributed by atoms with Gasteiger partial charge in [0.2, 0.25) is 5.91 Å². The highest BCUT2D eigenvalue weighted by molar-refractivity contribution is 5.97. The third-order valence-corrected chi connectivity index (χ3v) is 3.49. The Balaban J connectivity index is 1.79. The molecule has 1 heterocycles. The molecule has 1 aliphatic heterocycles. The number of phenolic OH excluding ortho intramolecular Hbond substituents is 1. The molecule has 0 bridgehead atoms. The number of carbonyl (C=O) groups is 1. The van der Waals surface area contributed by atoms with Crippen molar-refractivity contribution in [3.8, 4) is 11.5 Å². The number of benzene rings is 2. The Morgan fingerprint density at radius 2 is 2.10 bits per heavy atom. The molecule has 1 atom stereocenters. The van der Waals surface area contributed by atoms with Gasteiger partial charge in [-0.1, -0.05) is 24.3 Å². The van der Waals surface area contributed by atoms with Crippen LogP contribution in [0.5, 0.6) is 11.5 Å². The minimum atomic E-state index is -0.311. The first kappa shape index (κ1) is 12.5. The van der Waals surface area contributed by atoms with Crippen molar-refractivity contribution in [2.75, 3.05) is 11.9 Å². The van der Waals surface area contributed by atoms with E-state index in [0.717, 1.165) is 16.9 Å². The number of anilines is 1. The third kappa shape index (κ3) is 2.20. The molecule has 4 heteroatoms. The molecular weight excluding hydrogens is 254 g/mol. The number of fused-ring (bicyclic) bond motifs is 1.